The zero-order chi connectivity index (χ0) is 25.6. The minimum atomic E-state index is -0.296. The lowest BCUT2D eigenvalue weighted by atomic mass is 9.62. The molecule has 1 aliphatic rings. The molecule has 2 N–H and O–H groups in total. The molecule has 10 heteroatoms. The summed E-state index contributed by atoms with van der Waals surface area (Å²) in [4.78, 5) is 28.6. The molecule has 2 unspecified atom stereocenters. The summed E-state index contributed by atoms with van der Waals surface area (Å²) in [6.07, 6.45) is 3.11. The Labute approximate surface area is 203 Å². The summed E-state index contributed by atoms with van der Waals surface area (Å²) in [6, 6.07) is 7.44. The third-order valence-electron chi connectivity index (χ3n) is 5.99. The summed E-state index contributed by atoms with van der Waals surface area (Å²) in [6.45, 7) is 7.86. The van der Waals surface area contributed by atoms with E-state index in [0.717, 1.165) is 12.8 Å². The van der Waals surface area contributed by atoms with Gasteiger partial charge in [0.1, 0.15) is 0 Å². The fourth-order valence-electron chi connectivity index (χ4n) is 4.91. The molecular formula is C24H36N8O2. The number of hydrogen-bond acceptors (Lipinski definition) is 6. The SMILES string of the molecule is CC1(C)CC(NC(=O)N(CCC#N)CCC#N)CC(C)(CNC(=O)N(CCC#N)CCC#N)C1. The Hall–Kier alpha value is -3.50. The normalized spacial score (nSPS) is 20.5. The number of rotatable bonds is 11. The maximum Gasteiger partial charge on any atom is 0.317 e. The number of carbonyl (C=O) groups excluding carboxylic acids is 2. The van der Waals surface area contributed by atoms with E-state index in [1.807, 2.05) is 24.3 Å². The average molecular weight is 469 g/mol. The number of carbonyl (C=O) groups is 2. The Bertz CT molecular complexity index is 824. The van der Waals surface area contributed by atoms with E-state index in [4.69, 9.17) is 21.0 Å². The van der Waals surface area contributed by atoms with Crippen molar-refractivity contribution in [2.75, 3.05) is 32.7 Å². The van der Waals surface area contributed by atoms with Crippen LogP contribution in [0.15, 0.2) is 0 Å². The van der Waals surface area contributed by atoms with Gasteiger partial charge in [0.2, 0.25) is 0 Å². The van der Waals surface area contributed by atoms with Gasteiger partial charge in [-0.05, 0) is 30.1 Å². The average Bonchev–Trinajstić information content (AvgIpc) is 2.76. The van der Waals surface area contributed by atoms with Gasteiger partial charge in [-0.1, -0.05) is 20.8 Å². The van der Waals surface area contributed by atoms with E-state index in [0.29, 0.717) is 13.0 Å². The minimum absolute atomic E-state index is 0.0683. The Morgan fingerprint density at radius 3 is 1.68 bits per heavy atom. The van der Waals surface area contributed by atoms with Crippen LogP contribution in [0, 0.1) is 56.2 Å². The third kappa shape index (κ3) is 9.97. The summed E-state index contributed by atoms with van der Waals surface area (Å²) in [5, 5.41) is 41.5. The van der Waals surface area contributed by atoms with Crippen molar-refractivity contribution < 1.29 is 9.59 Å². The summed E-state index contributed by atoms with van der Waals surface area (Å²) in [5.41, 5.74) is -0.337. The van der Waals surface area contributed by atoms with E-state index in [1.54, 1.807) is 0 Å². The van der Waals surface area contributed by atoms with Gasteiger partial charge in [0.05, 0.1) is 50.0 Å². The molecule has 0 spiro atoms. The number of nitrogens with zero attached hydrogens (tertiary/aromatic N) is 6. The van der Waals surface area contributed by atoms with Crippen LogP contribution in [0.25, 0.3) is 0 Å². The number of nitrogens with one attached hydrogen (secondary N) is 2. The molecule has 0 radical (unpaired) electrons. The zero-order valence-electron chi connectivity index (χ0n) is 20.6. The van der Waals surface area contributed by atoms with Crippen molar-refractivity contribution in [3.63, 3.8) is 0 Å². The third-order valence-corrected chi connectivity index (χ3v) is 5.99. The van der Waals surface area contributed by atoms with Crippen LogP contribution in [0.2, 0.25) is 0 Å². The van der Waals surface area contributed by atoms with Gasteiger partial charge in [0.15, 0.2) is 0 Å². The van der Waals surface area contributed by atoms with Gasteiger partial charge in [0, 0.05) is 38.8 Å². The molecule has 184 valence electrons. The van der Waals surface area contributed by atoms with Gasteiger partial charge < -0.3 is 20.4 Å². The van der Waals surface area contributed by atoms with Crippen molar-refractivity contribution in [3.8, 4) is 24.3 Å². The Balaban J connectivity index is 2.83. The largest absolute Gasteiger partial charge is 0.337 e. The molecule has 1 saturated carbocycles. The first-order chi connectivity index (χ1) is 16.1. The molecule has 0 aliphatic heterocycles. The topological polar surface area (TPSA) is 160 Å². The lowest BCUT2D eigenvalue weighted by molar-refractivity contribution is 0.0709. The number of nitriles is 4. The molecule has 1 aliphatic carbocycles. The van der Waals surface area contributed by atoms with Crippen molar-refractivity contribution in [1.82, 2.24) is 20.4 Å². The Kier molecular flexibility index (Phi) is 11.7. The summed E-state index contributed by atoms with van der Waals surface area (Å²) >= 11 is 0. The highest BCUT2D eigenvalue weighted by Gasteiger charge is 2.42. The first kappa shape index (κ1) is 28.5. The van der Waals surface area contributed by atoms with E-state index in [2.05, 4.69) is 31.4 Å². The van der Waals surface area contributed by atoms with E-state index < -0.39 is 0 Å². The van der Waals surface area contributed by atoms with Gasteiger partial charge in [-0.25, -0.2) is 9.59 Å². The molecule has 0 aromatic rings. The summed E-state index contributed by atoms with van der Waals surface area (Å²) < 4.78 is 0. The first-order valence-electron chi connectivity index (χ1n) is 11.7. The molecule has 1 rings (SSSR count). The van der Waals surface area contributed by atoms with Crippen molar-refractivity contribution in [3.05, 3.63) is 0 Å². The van der Waals surface area contributed by atoms with E-state index in [-0.39, 0.29) is 80.8 Å². The molecule has 0 aromatic heterocycles. The van der Waals surface area contributed by atoms with Crippen LogP contribution in [0.1, 0.15) is 65.7 Å². The highest BCUT2D eigenvalue weighted by molar-refractivity contribution is 5.75. The van der Waals surface area contributed by atoms with Crippen molar-refractivity contribution in [1.29, 1.82) is 21.0 Å². The smallest absolute Gasteiger partial charge is 0.317 e. The lowest BCUT2D eigenvalue weighted by Gasteiger charge is -2.47. The number of urea groups is 2. The first-order valence-corrected chi connectivity index (χ1v) is 11.7. The molecule has 0 aromatic carbocycles. The standard InChI is InChI=1S/C24H36N8O2/c1-23(2)16-20(30-22(34)32(14-6-10-27)15-7-11-28)17-24(3,18-23)19-29-21(33)31(12-4-8-25)13-5-9-26/h20H,4-7,12-19H2,1-3H3,(H,29,33)(H,30,34). The van der Waals surface area contributed by atoms with Gasteiger partial charge >= 0.3 is 12.1 Å². The molecule has 4 amide bonds. The second-order valence-electron chi connectivity index (χ2n) is 9.97. The van der Waals surface area contributed by atoms with Crippen LogP contribution in [-0.4, -0.2) is 60.6 Å². The molecule has 0 bridgehead atoms. The summed E-state index contributed by atoms with van der Waals surface area (Å²) in [5.74, 6) is 0. The fourth-order valence-corrected chi connectivity index (χ4v) is 4.91. The Morgan fingerprint density at radius 2 is 1.24 bits per heavy atom. The monoisotopic (exact) mass is 468 g/mol. The van der Waals surface area contributed by atoms with E-state index in [1.165, 1.54) is 9.80 Å². The van der Waals surface area contributed by atoms with Gasteiger partial charge in [-0.15, -0.1) is 0 Å². The predicted octanol–water partition coefficient (Wildman–Crippen LogP) is 3.25. The van der Waals surface area contributed by atoms with Crippen LogP contribution < -0.4 is 10.6 Å². The van der Waals surface area contributed by atoms with Crippen LogP contribution in [0.4, 0.5) is 9.59 Å². The molecular weight excluding hydrogens is 432 g/mol. The maximum atomic E-state index is 12.9. The van der Waals surface area contributed by atoms with Gasteiger partial charge in [-0.2, -0.15) is 21.0 Å². The van der Waals surface area contributed by atoms with Crippen molar-refractivity contribution >= 4 is 12.1 Å². The van der Waals surface area contributed by atoms with Crippen LogP contribution in [0.5, 0.6) is 0 Å². The molecule has 0 heterocycles. The molecule has 10 nitrogen and oxygen atoms in total. The molecule has 34 heavy (non-hydrogen) atoms. The van der Waals surface area contributed by atoms with Crippen LogP contribution in [0.3, 0.4) is 0 Å². The minimum Gasteiger partial charge on any atom is -0.337 e. The van der Waals surface area contributed by atoms with Crippen LogP contribution in [-0.2, 0) is 0 Å². The van der Waals surface area contributed by atoms with E-state index >= 15 is 0 Å². The second-order valence-corrected chi connectivity index (χ2v) is 9.97. The summed E-state index contributed by atoms with van der Waals surface area (Å²) in [7, 11) is 0. The predicted molar refractivity (Wildman–Crippen MR) is 126 cm³/mol. The van der Waals surface area contributed by atoms with Crippen molar-refractivity contribution in [2.24, 2.45) is 10.8 Å². The van der Waals surface area contributed by atoms with Crippen LogP contribution >= 0.6 is 0 Å². The molecule has 0 saturated heterocycles. The van der Waals surface area contributed by atoms with Gasteiger partial charge in [-0.3, -0.25) is 0 Å². The maximum absolute atomic E-state index is 12.9. The Morgan fingerprint density at radius 1 is 0.794 bits per heavy atom. The second kappa shape index (κ2) is 13.9. The highest BCUT2D eigenvalue weighted by atomic mass is 16.2. The number of hydrogen-bond donors (Lipinski definition) is 2. The number of amides is 4. The molecule has 1 fully saturated rings. The highest BCUT2D eigenvalue weighted by Crippen LogP contribution is 2.45. The molecule has 2 atom stereocenters. The van der Waals surface area contributed by atoms with E-state index in [9.17, 15) is 9.59 Å². The fraction of sp³-hybridized carbons (Fsp3) is 0.750. The van der Waals surface area contributed by atoms with Gasteiger partial charge in [0.25, 0.3) is 0 Å². The quantitative estimate of drug-likeness (QED) is 0.473. The zero-order valence-corrected chi connectivity index (χ0v) is 20.6. The van der Waals surface area contributed by atoms with Crippen molar-refractivity contribution in [2.45, 2.75) is 71.8 Å². The lowest BCUT2D eigenvalue weighted by Crippen LogP contribution is -2.54.